The number of fused-ring (bicyclic) bond motifs is 21. The maximum atomic E-state index is 6.70. The van der Waals surface area contributed by atoms with Gasteiger partial charge in [0.25, 0.3) is 0 Å². The largest absolute Gasteiger partial charge is 0.456 e. The molecule has 0 spiro atoms. The third-order valence-electron chi connectivity index (χ3n) is 29.6. The smallest absolute Gasteiger partial charge is 0.179 e. The van der Waals surface area contributed by atoms with E-state index in [2.05, 4.69) is 443 Å². The second-order valence-electron chi connectivity index (χ2n) is 37.5. The quantitative estimate of drug-likeness (QED) is 0.0739. The summed E-state index contributed by atoms with van der Waals surface area (Å²) in [6.45, 7) is 0. The Morgan fingerprint density at radius 2 is 0.517 bits per heavy atom. The van der Waals surface area contributed by atoms with Gasteiger partial charge in [0.2, 0.25) is 0 Å². The Bertz CT molecular complexity index is 8900. The minimum Gasteiger partial charge on any atom is -0.456 e. The van der Waals surface area contributed by atoms with Crippen LogP contribution < -0.4 is 41.5 Å². The lowest BCUT2D eigenvalue weighted by Crippen LogP contribution is -2.74. The van der Waals surface area contributed by atoms with Crippen molar-refractivity contribution in [3.63, 3.8) is 0 Å². The Morgan fingerprint density at radius 3 is 0.986 bits per heavy atom. The first-order valence-corrected chi connectivity index (χ1v) is 53.4. The number of hydrogen-bond donors (Lipinski definition) is 0. The van der Waals surface area contributed by atoms with E-state index in [0.29, 0.717) is 5.82 Å². The van der Waals surface area contributed by atoms with Crippen molar-refractivity contribution in [2.24, 2.45) is 0 Å². The summed E-state index contributed by atoms with van der Waals surface area (Å²) in [5, 5.41) is 17.8. The summed E-state index contributed by atoms with van der Waals surface area (Å²) < 4.78 is 19.2. The van der Waals surface area contributed by atoms with E-state index >= 15 is 0 Å². The summed E-state index contributed by atoms with van der Waals surface area (Å²) in [5.41, 5.74) is 34.1. The van der Waals surface area contributed by atoms with Gasteiger partial charge in [0.1, 0.15) is 33.5 Å². The highest BCUT2D eigenvalue weighted by atomic mass is 28.3. The molecule has 0 saturated heterocycles. The molecule has 19 aromatic carbocycles. The maximum Gasteiger partial charge on any atom is 0.179 e. The number of benzene rings is 19. The summed E-state index contributed by atoms with van der Waals surface area (Å²) in [7, 11) is -5.36. The van der Waals surface area contributed by atoms with E-state index in [4.69, 9.17) is 38.2 Å². The van der Waals surface area contributed by atoms with Crippen LogP contribution in [0.15, 0.2) is 505 Å². The lowest BCUT2D eigenvalue weighted by Gasteiger charge is -2.34. The lowest BCUT2D eigenvalue weighted by molar-refractivity contribution is 0.668. The molecule has 0 bridgehead atoms. The molecule has 0 atom stereocenters. The fourth-order valence-electron chi connectivity index (χ4n) is 23.0. The van der Waals surface area contributed by atoms with E-state index < -0.39 is 16.1 Å². The van der Waals surface area contributed by atoms with E-state index in [1.165, 1.54) is 146 Å². The summed E-state index contributed by atoms with van der Waals surface area (Å²) in [5.74, 6) is 1.39. The van der Waals surface area contributed by atoms with Crippen LogP contribution in [0.2, 0.25) is 0 Å². The van der Waals surface area contributed by atoms with Gasteiger partial charge < -0.3 is 13.3 Å². The standard InChI is InChI=1S/2C48H34N2OSi.C37H25NO/c1-4-16-36(17-5-1)52(37-18-6-2-7-19-37,38-20-8-3-9-21-38)39-22-12-15-35(32-39)43-30-31-49-48(50-43)42-25-13-24-41-46-44(51-47(41)42)29-28-34-27-26-33-14-10-11-23-40(33)45(34)46;1-4-14-37(15-5-1)52(38-16-6-2-7-17-38,39-18-8-3-9-19-39)40-20-12-13-35(32-40)43-29-30-49-48(50-43)36-25-27-41-34(31-36)24-23-33-26-28-45-47(46(33)41)42-21-10-11-22-44(42)51-45;1-3-9-24(10-4-1)32-22-29(23-33(38-32)25-11-5-2-6-12-25)27-17-19-30-28(21-27)16-15-26-18-20-35-37(36(26)30)31-13-7-8-14-34(31)39-35/h1-25,28-32H,26-27H2;1-22,25-32H,23-24H2;1-14,17-23H,15-16H2. The Hall–Kier alpha value is -17.7. The minimum absolute atomic E-state index is 0.652. The zero-order valence-corrected chi connectivity index (χ0v) is 80.5. The number of pyridine rings is 1. The van der Waals surface area contributed by atoms with Crippen LogP contribution in [0.1, 0.15) is 33.4 Å². The fraction of sp³-hybridized carbons (Fsp3) is 0.0451. The van der Waals surface area contributed by atoms with Crippen LogP contribution in [-0.2, 0) is 38.5 Å². The van der Waals surface area contributed by atoms with Crippen LogP contribution in [0.4, 0.5) is 0 Å². The van der Waals surface area contributed by atoms with Gasteiger partial charge in [-0.3, -0.25) is 0 Å². The van der Waals surface area contributed by atoms with Crippen LogP contribution in [-0.4, -0.2) is 41.1 Å². The van der Waals surface area contributed by atoms with Crippen LogP contribution in [0.3, 0.4) is 0 Å². The third-order valence-corrected chi connectivity index (χ3v) is 39.1. The average Bonchev–Trinajstić information content (AvgIpc) is 1.56. The molecule has 0 saturated carbocycles. The Balaban J connectivity index is 0.000000111. The number of aromatic nitrogens is 5. The molecule has 3 aliphatic carbocycles. The zero-order valence-electron chi connectivity index (χ0n) is 78.5. The van der Waals surface area contributed by atoms with Gasteiger partial charge in [0.05, 0.1) is 28.3 Å². The molecule has 0 amide bonds. The number of aryl methyl sites for hydroxylation is 6. The van der Waals surface area contributed by atoms with Crippen LogP contribution in [0.25, 0.3) is 178 Å². The molecule has 676 valence electrons. The Labute approximate surface area is 831 Å². The number of hydrogen-bond acceptors (Lipinski definition) is 8. The van der Waals surface area contributed by atoms with Gasteiger partial charge >= 0.3 is 0 Å². The number of para-hydroxylation sites is 3. The van der Waals surface area contributed by atoms with Crippen LogP contribution >= 0.6 is 0 Å². The summed E-state index contributed by atoms with van der Waals surface area (Å²) in [6, 6.07) is 172. The summed E-state index contributed by atoms with van der Waals surface area (Å²) in [4.78, 5) is 25.2. The first-order valence-electron chi connectivity index (χ1n) is 49.4. The van der Waals surface area contributed by atoms with Crippen molar-refractivity contribution in [3.8, 4) is 112 Å². The highest BCUT2D eigenvalue weighted by molar-refractivity contribution is 7.20. The SMILES string of the molecule is c1ccc(-c2cc(-c3ccc4c(c3)CCc3ccc5oc6ccccc6c5c3-4)cc(-c3ccccc3)n2)cc1.c1ccc([Si](c2ccccc2)(c2ccccc2)c2cccc(-c3ccnc(-c4ccc5c(c4)CCc4ccc6oc7ccccc7c6c4-5)n3)c2)cc1.c1ccc([Si](c2ccccc2)(c2ccccc2)c2cccc(-c3ccnc(-c4cccc5c4oc4ccc6c(c45)-c4ccccc4CC6)n3)c2)cc1. The molecule has 0 N–H and O–H groups in total. The molecule has 28 rings (SSSR count). The maximum absolute atomic E-state index is 6.70. The molecule has 8 nitrogen and oxygen atoms in total. The molecule has 6 aromatic heterocycles. The van der Waals surface area contributed by atoms with Crippen molar-refractivity contribution in [2.45, 2.75) is 38.5 Å². The predicted molar refractivity (Wildman–Crippen MR) is 594 cm³/mol. The van der Waals surface area contributed by atoms with E-state index in [1.807, 2.05) is 48.8 Å². The van der Waals surface area contributed by atoms with Gasteiger partial charge in [-0.1, -0.05) is 413 Å². The molecule has 143 heavy (non-hydrogen) atoms. The molecule has 10 heteroatoms. The van der Waals surface area contributed by atoms with Crippen molar-refractivity contribution in [2.75, 3.05) is 0 Å². The Morgan fingerprint density at radius 1 is 0.182 bits per heavy atom. The molecule has 0 aliphatic heterocycles. The highest BCUT2D eigenvalue weighted by Gasteiger charge is 2.44. The van der Waals surface area contributed by atoms with Gasteiger partial charge in [0, 0.05) is 72.5 Å². The van der Waals surface area contributed by atoms with Gasteiger partial charge in [-0.2, -0.15) is 0 Å². The third kappa shape index (κ3) is 15.2. The normalized spacial score (nSPS) is 12.4. The second kappa shape index (κ2) is 36.6. The predicted octanol–water partition coefficient (Wildman–Crippen LogP) is 27.5. The number of rotatable bonds is 15. The molecule has 0 radical (unpaired) electrons. The monoisotopic (exact) mass is 1860 g/mol. The summed E-state index contributed by atoms with van der Waals surface area (Å²) in [6.07, 6.45) is 9.89. The number of nitrogens with zero attached hydrogens (tertiary/aromatic N) is 5. The minimum atomic E-state index is -2.69. The van der Waals surface area contributed by atoms with Crippen molar-refractivity contribution in [1.82, 2.24) is 24.9 Å². The van der Waals surface area contributed by atoms with E-state index in [0.717, 1.165) is 139 Å². The number of furan rings is 3. The van der Waals surface area contributed by atoms with E-state index in [1.54, 1.807) is 0 Å². The molecular weight excluding hydrogens is 1770 g/mol. The molecule has 3 aliphatic rings. The first kappa shape index (κ1) is 85.7. The molecular formula is C133H93N5O3Si2. The Kier molecular flexibility index (Phi) is 21.9. The van der Waals surface area contributed by atoms with Gasteiger partial charge in [-0.15, -0.1) is 0 Å². The van der Waals surface area contributed by atoms with E-state index in [9.17, 15) is 0 Å². The van der Waals surface area contributed by atoms with Crippen molar-refractivity contribution in [1.29, 1.82) is 0 Å². The topological polar surface area (TPSA) is 104 Å². The van der Waals surface area contributed by atoms with Crippen LogP contribution in [0, 0.1) is 0 Å². The zero-order chi connectivity index (χ0) is 94.7. The first-order chi connectivity index (χ1) is 70.9. The second-order valence-corrected chi connectivity index (χ2v) is 45.2. The van der Waals surface area contributed by atoms with Crippen LogP contribution in [0.5, 0.6) is 0 Å². The fourth-order valence-corrected chi connectivity index (χ4v) is 32.6. The molecule has 25 aromatic rings. The lowest BCUT2D eigenvalue weighted by atomic mass is 9.82. The summed E-state index contributed by atoms with van der Waals surface area (Å²) >= 11 is 0. The molecule has 0 unspecified atom stereocenters. The molecule has 0 fully saturated rings. The van der Waals surface area contributed by atoms with Gasteiger partial charge in [-0.25, -0.2) is 24.9 Å². The van der Waals surface area contributed by atoms with Crippen molar-refractivity contribution in [3.05, 3.63) is 525 Å². The van der Waals surface area contributed by atoms with Gasteiger partial charge in [0.15, 0.2) is 27.8 Å². The average molecular weight is 1870 g/mol. The van der Waals surface area contributed by atoms with Crippen molar-refractivity contribution < 1.29 is 13.3 Å². The molecule has 6 heterocycles. The highest BCUT2D eigenvalue weighted by Crippen LogP contribution is 2.49. The van der Waals surface area contributed by atoms with Gasteiger partial charge in [-0.05, 0) is 225 Å². The van der Waals surface area contributed by atoms with E-state index in [-0.39, 0.29) is 0 Å². The van der Waals surface area contributed by atoms with Crippen molar-refractivity contribution >= 4 is 123 Å².